The highest BCUT2D eigenvalue weighted by Crippen LogP contribution is 2.27. The highest BCUT2D eigenvalue weighted by molar-refractivity contribution is 5.65. The van der Waals surface area contributed by atoms with Gasteiger partial charge in [0.15, 0.2) is 0 Å². The molecule has 0 aliphatic heterocycles. The fourth-order valence-corrected chi connectivity index (χ4v) is 2.05. The highest BCUT2D eigenvalue weighted by atomic mass is 15.1. The number of hydrogen-bond donors (Lipinski definition) is 2. The normalized spacial score (nSPS) is 11.8. The van der Waals surface area contributed by atoms with Crippen molar-refractivity contribution >= 4 is 0 Å². The molecule has 96 valence electrons. The van der Waals surface area contributed by atoms with Crippen molar-refractivity contribution in [2.45, 2.75) is 32.6 Å². The van der Waals surface area contributed by atoms with E-state index in [2.05, 4.69) is 55.2 Å². The van der Waals surface area contributed by atoms with E-state index in [9.17, 15) is 0 Å². The second-order valence-corrected chi connectivity index (χ2v) is 5.63. The standard InChI is InChI=1S/C15H21N3/c1-15(2,3)12-6-4-11(5-7-12)13-10-17-18-14(13)8-9-16/h4-7,10H,8-9,16H2,1-3H3,(H,17,18). The van der Waals surface area contributed by atoms with Crippen LogP contribution in [0.3, 0.4) is 0 Å². The molecule has 3 N–H and O–H groups in total. The average molecular weight is 243 g/mol. The van der Waals surface area contributed by atoms with Gasteiger partial charge in [0.1, 0.15) is 0 Å². The smallest absolute Gasteiger partial charge is 0.0568 e. The largest absolute Gasteiger partial charge is 0.330 e. The molecule has 18 heavy (non-hydrogen) atoms. The number of H-pyrrole nitrogens is 1. The first kappa shape index (κ1) is 12.8. The molecule has 0 radical (unpaired) electrons. The topological polar surface area (TPSA) is 54.7 Å². The van der Waals surface area contributed by atoms with Crippen LogP contribution in [0.5, 0.6) is 0 Å². The quantitative estimate of drug-likeness (QED) is 0.871. The molecule has 0 saturated heterocycles. The van der Waals surface area contributed by atoms with E-state index in [1.807, 2.05) is 6.20 Å². The first-order chi connectivity index (χ1) is 8.52. The molecule has 0 saturated carbocycles. The molecule has 1 heterocycles. The number of nitrogens with zero attached hydrogens (tertiary/aromatic N) is 1. The Labute approximate surface area is 108 Å². The molecule has 0 atom stereocenters. The van der Waals surface area contributed by atoms with Crippen molar-refractivity contribution in [1.29, 1.82) is 0 Å². The van der Waals surface area contributed by atoms with E-state index in [1.165, 1.54) is 11.1 Å². The van der Waals surface area contributed by atoms with Crippen LogP contribution in [-0.2, 0) is 11.8 Å². The summed E-state index contributed by atoms with van der Waals surface area (Å²) in [7, 11) is 0. The van der Waals surface area contributed by atoms with Crippen LogP contribution in [0, 0.1) is 0 Å². The Morgan fingerprint density at radius 3 is 2.39 bits per heavy atom. The van der Waals surface area contributed by atoms with Crippen molar-refractivity contribution < 1.29 is 0 Å². The van der Waals surface area contributed by atoms with Gasteiger partial charge in [-0.15, -0.1) is 0 Å². The summed E-state index contributed by atoms with van der Waals surface area (Å²) in [5.41, 5.74) is 10.6. The number of rotatable bonds is 3. The molecule has 1 aromatic carbocycles. The highest BCUT2D eigenvalue weighted by Gasteiger charge is 2.14. The Bertz CT molecular complexity index is 503. The number of aromatic amines is 1. The van der Waals surface area contributed by atoms with Crippen LogP contribution in [-0.4, -0.2) is 16.7 Å². The Balaban J connectivity index is 2.32. The summed E-state index contributed by atoms with van der Waals surface area (Å²) in [5.74, 6) is 0. The lowest BCUT2D eigenvalue weighted by Crippen LogP contribution is -2.10. The summed E-state index contributed by atoms with van der Waals surface area (Å²) in [6.45, 7) is 7.30. The summed E-state index contributed by atoms with van der Waals surface area (Å²) < 4.78 is 0. The number of hydrogen-bond acceptors (Lipinski definition) is 2. The van der Waals surface area contributed by atoms with Crippen LogP contribution in [0.4, 0.5) is 0 Å². The van der Waals surface area contributed by atoms with E-state index < -0.39 is 0 Å². The fourth-order valence-electron chi connectivity index (χ4n) is 2.05. The van der Waals surface area contributed by atoms with Crippen molar-refractivity contribution in [1.82, 2.24) is 10.2 Å². The first-order valence-electron chi connectivity index (χ1n) is 6.35. The molecule has 1 aromatic heterocycles. The van der Waals surface area contributed by atoms with Gasteiger partial charge in [-0.2, -0.15) is 5.10 Å². The zero-order chi connectivity index (χ0) is 13.2. The van der Waals surface area contributed by atoms with Gasteiger partial charge in [-0.1, -0.05) is 45.0 Å². The maximum atomic E-state index is 5.60. The summed E-state index contributed by atoms with van der Waals surface area (Å²) in [6, 6.07) is 8.69. The number of nitrogens with two attached hydrogens (primary N) is 1. The maximum Gasteiger partial charge on any atom is 0.0568 e. The number of nitrogens with one attached hydrogen (secondary N) is 1. The van der Waals surface area contributed by atoms with Gasteiger partial charge in [0.25, 0.3) is 0 Å². The number of benzene rings is 1. The van der Waals surface area contributed by atoms with Crippen molar-refractivity contribution in [3.63, 3.8) is 0 Å². The van der Waals surface area contributed by atoms with E-state index in [4.69, 9.17) is 5.73 Å². The van der Waals surface area contributed by atoms with Crippen LogP contribution < -0.4 is 5.73 Å². The molecule has 3 heteroatoms. The molecule has 0 aliphatic rings. The predicted molar refractivity (Wildman–Crippen MR) is 75.5 cm³/mol. The van der Waals surface area contributed by atoms with E-state index in [0.717, 1.165) is 17.7 Å². The van der Waals surface area contributed by atoms with E-state index in [0.29, 0.717) is 6.54 Å². The fraction of sp³-hybridized carbons (Fsp3) is 0.400. The molecule has 0 aliphatic carbocycles. The minimum absolute atomic E-state index is 0.189. The van der Waals surface area contributed by atoms with Gasteiger partial charge in [0.2, 0.25) is 0 Å². The molecule has 0 bridgehead atoms. The van der Waals surface area contributed by atoms with Crippen molar-refractivity contribution in [3.8, 4) is 11.1 Å². The molecular formula is C15H21N3. The second kappa shape index (κ2) is 4.94. The Morgan fingerprint density at radius 2 is 1.83 bits per heavy atom. The minimum atomic E-state index is 0.189. The van der Waals surface area contributed by atoms with Gasteiger partial charge in [-0.25, -0.2) is 0 Å². The van der Waals surface area contributed by atoms with Crippen LogP contribution in [0.2, 0.25) is 0 Å². The Hall–Kier alpha value is -1.61. The predicted octanol–water partition coefficient (Wildman–Crippen LogP) is 2.88. The lowest BCUT2D eigenvalue weighted by molar-refractivity contribution is 0.590. The number of aromatic nitrogens is 2. The van der Waals surface area contributed by atoms with Gasteiger partial charge in [-0.3, -0.25) is 5.10 Å². The van der Waals surface area contributed by atoms with Crippen LogP contribution in [0.1, 0.15) is 32.0 Å². The molecule has 0 spiro atoms. The van der Waals surface area contributed by atoms with Crippen molar-refractivity contribution in [2.75, 3.05) is 6.54 Å². The van der Waals surface area contributed by atoms with Crippen LogP contribution in [0.15, 0.2) is 30.5 Å². The molecule has 0 fully saturated rings. The first-order valence-corrected chi connectivity index (χ1v) is 6.35. The third-order valence-corrected chi connectivity index (χ3v) is 3.17. The van der Waals surface area contributed by atoms with Gasteiger partial charge < -0.3 is 5.73 Å². The summed E-state index contributed by atoms with van der Waals surface area (Å²) in [5, 5.41) is 7.13. The third-order valence-electron chi connectivity index (χ3n) is 3.17. The zero-order valence-electron chi connectivity index (χ0n) is 11.3. The van der Waals surface area contributed by atoms with E-state index >= 15 is 0 Å². The SMILES string of the molecule is CC(C)(C)c1ccc(-c2cn[nH]c2CCN)cc1. The Morgan fingerprint density at radius 1 is 1.17 bits per heavy atom. The van der Waals surface area contributed by atoms with Crippen LogP contribution in [0.25, 0.3) is 11.1 Å². The summed E-state index contributed by atoms with van der Waals surface area (Å²) >= 11 is 0. The van der Waals surface area contributed by atoms with Crippen molar-refractivity contribution in [3.05, 3.63) is 41.7 Å². The van der Waals surface area contributed by atoms with Crippen LogP contribution >= 0.6 is 0 Å². The van der Waals surface area contributed by atoms with Gasteiger partial charge >= 0.3 is 0 Å². The van der Waals surface area contributed by atoms with Gasteiger partial charge in [-0.05, 0) is 23.1 Å². The minimum Gasteiger partial charge on any atom is -0.330 e. The molecule has 2 aromatic rings. The molecular weight excluding hydrogens is 222 g/mol. The zero-order valence-corrected chi connectivity index (χ0v) is 11.3. The summed E-state index contributed by atoms with van der Waals surface area (Å²) in [6.07, 6.45) is 2.70. The average Bonchev–Trinajstić information content (AvgIpc) is 2.77. The maximum absolute atomic E-state index is 5.60. The van der Waals surface area contributed by atoms with E-state index in [1.54, 1.807) is 0 Å². The second-order valence-electron chi connectivity index (χ2n) is 5.63. The molecule has 2 rings (SSSR count). The van der Waals surface area contributed by atoms with E-state index in [-0.39, 0.29) is 5.41 Å². The lowest BCUT2D eigenvalue weighted by Gasteiger charge is -2.19. The third kappa shape index (κ3) is 2.62. The lowest BCUT2D eigenvalue weighted by atomic mass is 9.86. The monoisotopic (exact) mass is 243 g/mol. The van der Waals surface area contributed by atoms with Crippen molar-refractivity contribution in [2.24, 2.45) is 5.73 Å². The van der Waals surface area contributed by atoms with Gasteiger partial charge in [0.05, 0.1) is 6.20 Å². The summed E-state index contributed by atoms with van der Waals surface area (Å²) in [4.78, 5) is 0. The molecule has 0 amide bonds. The molecule has 0 unspecified atom stereocenters. The Kier molecular flexibility index (Phi) is 3.53. The van der Waals surface area contributed by atoms with Gasteiger partial charge in [0, 0.05) is 17.7 Å². The molecule has 3 nitrogen and oxygen atoms in total.